The summed E-state index contributed by atoms with van der Waals surface area (Å²) in [6, 6.07) is 11.1. The summed E-state index contributed by atoms with van der Waals surface area (Å²) in [5.74, 6) is 0.558. The van der Waals surface area contributed by atoms with Crippen LogP contribution in [0.5, 0.6) is 0 Å². The summed E-state index contributed by atoms with van der Waals surface area (Å²) in [4.78, 5) is 33.7. The zero-order valence-electron chi connectivity index (χ0n) is 18.2. The molecule has 3 N–H and O–H groups in total. The molecule has 1 aromatic heterocycles. The van der Waals surface area contributed by atoms with Crippen molar-refractivity contribution in [3.63, 3.8) is 0 Å². The molecule has 2 aromatic rings. The molecule has 3 saturated heterocycles. The summed E-state index contributed by atoms with van der Waals surface area (Å²) < 4.78 is 5.57. The van der Waals surface area contributed by atoms with Gasteiger partial charge in [-0.05, 0) is 57.9 Å². The maximum atomic E-state index is 12.6. The fourth-order valence-electron chi connectivity index (χ4n) is 4.15. The van der Waals surface area contributed by atoms with E-state index in [1.54, 1.807) is 24.4 Å². The first-order valence-electron chi connectivity index (χ1n) is 10.6. The van der Waals surface area contributed by atoms with Crippen LogP contribution in [0.2, 0.25) is 0 Å². The summed E-state index contributed by atoms with van der Waals surface area (Å²) in [5, 5.41) is 2.81. The van der Waals surface area contributed by atoms with Gasteiger partial charge in [0, 0.05) is 25.3 Å². The first-order valence-corrected chi connectivity index (χ1v) is 10.6. The number of nitrogens with two attached hydrogens (primary N) is 1. The summed E-state index contributed by atoms with van der Waals surface area (Å²) in [6.45, 7) is 6.98. The quantitative estimate of drug-likeness (QED) is 0.733. The summed E-state index contributed by atoms with van der Waals surface area (Å²) >= 11 is 0. The minimum absolute atomic E-state index is 0.102. The molecule has 164 valence electrons. The number of benzene rings is 1. The van der Waals surface area contributed by atoms with Gasteiger partial charge in [0.25, 0.3) is 5.91 Å². The van der Waals surface area contributed by atoms with Crippen LogP contribution in [0.25, 0.3) is 0 Å². The van der Waals surface area contributed by atoms with E-state index in [1.807, 2.05) is 43.9 Å². The Morgan fingerprint density at radius 3 is 2.45 bits per heavy atom. The van der Waals surface area contributed by atoms with Crippen molar-refractivity contribution in [2.45, 2.75) is 51.3 Å². The van der Waals surface area contributed by atoms with Gasteiger partial charge in [-0.3, -0.25) is 4.79 Å². The Morgan fingerprint density at radius 2 is 1.84 bits per heavy atom. The summed E-state index contributed by atoms with van der Waals surface area (Å²) in [7, 11) is 0. The maximum absolute atomic E-state index is 12.6. The molecular weight excluding hydrogens is 394 g/mol. The number of rotatable bonds is 3. The van der Waals surface area contributed by atoms with Crippen LogP contribution in [-0.2, 0) is 4.74 Å². The molecule has 2 atom stereocenters. The van der Waals surface area contributed by atoms with E-state index in [9.17, 15) is 9.59 Å². The normalized spacial score (nSPS) is 20.5. The van der Waals surface area contributed by atoms with Gasteiger partial charge in [0.15, 0.2) is 0 Å². The molecule has 3 aliphatic rings. The van der Waals surface area contributed by atoms with Crippen LogP contribution in [0.4, 0.5) is 22.0 Å². The number of anilines is 3. The highest BCUT2D eigenvalue weighted by Gasteiger charge is 2.42. The average molecular weight is 424 g/mol. The third-order valence-corrected chi connectivity index (χ3v) is 5.67. The van der Waals surface area contributed by atoms with Crippen molar-refractivity contribution in [2.75, 3.05) is 29.0 Å². The third kappa shape index (κ3) is 4.57. The van der Waals surface area contributed by atoms with Gasteiger partial charge in [0.2, 0.25) is 0 Å². The molecule has 0 spiro atoms. The molecule has 2 bridgehead atoms. The fraction of sp³-hybridized carbons (Fsp3) is 0.435. The van der Waals surface area contributed by atoms with Crippen molar-refractivity contribution < 1.29 is 14.3 Å². The highest BCUT2D eigenvalue weighted by Crippen LogP contribution is 2.33. The van der Waals surface area contributed by atoms with E-state index in [2.05, 4.69) is 15.2 Å². The van der Waals surface area contributed by atoms with Crippen LogP contribution in [0, 0.1) is 0 Å². The standard InChI is InChI=1S/C23H29N5O3/c1-23(2,3)31-22(30)28-14-16-9-10-17(28)13-27(16)20-11-8-15(12-25-20)21(29)26-19-7-5-4-6-18(19)24/h4-8,11-12,16-17H,9-10,13-14,24H2,1-3H3,(H,26,29). The number of carbonyl (C=O) groups excluding carboxylic acids is 2. The van der Waals surface area contributed by atoms with Crippen molar-refractivity contribution >= 4 is 29.2 Å². The molecule has 3 fully saturated rings. The Bertz CT molecular complexity index is 970. The van der Waals surface area contributed by atoms with Gasteiger partial charge < -0.3 is 25.6 Å². The van der Waals surface area contributed by atoms with E-state index in [0.717, 1.165) is 18.7 Å². The second-order valence-electron chi connectivity index (χ2n) is 9.12. The van der Waals surface area contributed by atoms with Gasteiger partial charge in [-0.25, -0.2) is 9.78 Å². The summed E-state index contributed by atoms with van der Waals surface area (Å²) in [6.07, 6.45) is 3.29. The lowest BCUT2D eigenvalue weighted by molar-refractivity contribution is 0.000775. The maximum Gasteiger partial charge on any atom is 0.410 e. The van der Waals surface area contributed by atoms with Crippen LogP contribution in [-0.4, -0.2) is 52.7 Å². The number of ether oxygens (including phenoxy) is 1. The van der Waals surface area contributed by atoms with Crippen LogP contribution < -0.4 is 16.0 Å². The Balaban J connectivity index is 1.42. The molecular formula is C23H29N5O3. The largest absolute Gasteiger partial charge is 0.444 e. The number of pyridine rings is 1. The zero-order valence-corrected chi connectivity index (χ0v) is 18.2. The average Bonchev–Trinajstić information content (AvgIpc) is 2.74. The predicted molar refractivity (Wildman–Crippen MR) is 120 cm³/mol. The molecule has 0 radical (unpaired) electrons. The van der Waals surface area contributed by atoms with Crippen molar-refractivity contribution in [1.29, 1.82) is 0 Å². The first kappa shape index (κ1) is 21.0. The molecule has 0 saturated carbocycles. The minimum Gasteiger partial charge on any atom is -0.444 e. The topological polar surface area (TPSA) is 101 Å². The number of hydrogen-bond donors (Lipinski definition) is 2. The van der Waals surface area contributed by atoms with Crippen molar-refractivity contribution in [1.82, 2.24) is 9.88 Å². The van der Waals surface area contributed by atoms with Gasteiger partial charge in [-0.1, -0.05) is 12.1 Å². The lowest BCUT2D eigenvalue weighted by Crippen LogP contribution is -2.64. The third-order valence-electron chi connectivity index (χ3n) is 5.67. The molecule has 2 unspecified atom stereocenters. The number of carbonyl (C=O) groups is 2. The van der Waals surface area contributed by atoms with Gasteiger partial charge in [-0.2, -0.15) is 0 Å². The highest BCUT2D eigenvalue weighted by molar-refractivity contribution is 6.05. The van der Waals surface area contributed by atoms with Gasteiger partial charge in [-0.15, -0.1) is 0 Å². The Labute approximate surface area is 182 Å². The van der Waals surface area contributed by atoms with Crippen LogP contribution in [0.15, 0.2) is 42.6 Å². The Hall–Kier alpha value is -3.29. The molecule has 31 heavy (non-hydrogen) atoms. The van der Waals surface area contributed by atoms with Gasteiger partial charge in [0.1, 0.15) is 11.4 Å². The predicted octanol–water partition coefficient (Wildman–Crippen LogP) is 3.50. The number of nitrogens with one attached hydrogen (secondary N) is 1. The number of aromatic nitrogens is 1. The molecule has 1 aromatic carbocycles. The minimum atomic E-state index is -0.504. The van der Waals surface area contributed by atoms with E-state index in [-0.39, 0.29) is 24.1 Å². The lowest BCUT2D eigenvalue weighted by Gasteiger charge is -2.51. The number of piperidine rings is 2. The van der Waals surface area contributed by atoms with Crippen LogP contribution >= 0.6 is 0 Å². The van der Waals surface area contributed by atoms with E-state index < -0.39 is 5.60 Å². The number of hydrogen-bond acceptors (Lipinski definition) is 6. The van der Waals surface area contributed by atoms with Crippen molar-refractivity contribution in [3.8, 4) is 0 Å². The van der Waals surface area contributed by atoms with Crippen molar-refractivity contribution in [3.05, 3.63) is 48.2 Å². The molecule has 8 heteroatoms. The fourth-order valence-corrected chi connectivity index (χ4v) is 4.15. The SMILES string of the molecule is CC(C)(C)OC(=O)N1CC2CCC1CN2c1ccc(C(=O)Nc2ccccc2N)cn1. The summed E-state index contributed by atoms with van der Waals surface area (Å²) in [5.41, 5.74) is 6.94. The number of para-hydroxylation sites is 2. The Morgan fingerprint density at radius 1 is 1.10 bits per heavy atom. The van der Waals surface area contributed by atoms with Gasteiger partial charge in [0.05, 0.1) is 23.0 Å². The number of nitrogen functional groups attached to an aromatic ring is 1. The second kappa shape index (κ2) is 8.09. The smallest absolute Gasteiger partial charge is 0.410 e. The first-order chi connectivity index (χ1) is 14.7. The number of nitrogens with zero attached hydrogens (tertiary/aromatic N) is 3. The molecule has 8 nitrogen and oxygen atoms in total. The number of fused-ring (bicyclic) bond motifs is 3. The van der Waals surface area contributed by atoms with Crippen LogP contribution in [0.3, 0.4) is 0 Å². The van der Waals surface area contributed by atoms with Crippen molar-refractivity contribution in [2.24, 2.45) is 0 Å². The number of amides is 2. The molecule has 0 aliphatic carbocycles. The molecule has 3 aliphatic heterocycles. The highest BCUT2D eigenvalue weighted by atomic mass is 16.6. The van der Waals surface area contributed by atoms with Crippen LogP contribution in [0.1, 0.15) is 44.0 Å². The Kier molecular flexibility index (Phi) is 5.47. The lowest BCUT2D eigenvalue weighted by atomic mass is 9.91. The zero-order chi connectivity index (χ0) is 22.2. The van der Waals surface area contributed by atoms with E-state index in [1.165, 1.54) is 0 Å². The monoisotopic (exact) mass is 423 g/mol. The van der Waals surface area contributed by atoms with E-state index >= 15 is 0 Å². The van der Waals surface area contributed by atoms with E-state index in [0.29, 0.717) is 30.0 Å². The second-order valence-corrected chi connectivity index (χ2v) is 9.12. The van der Waals surface area contributed by atoms with Gasteiger partial charge >= 0.3 is 6.09 Å². The van der Waals surface area contributed by atoms with E-state index in [4.69, 9.17) is 10.5 Å². The molecule has 4 heterocycles. The molecule has 5 rings (SSSR count). The number of piperazine rings is 1. The molecule has 2 amide bonds.